The third kappa shape index (κ3) is 3.01. The number of halogens is 3. The molecule has 18 heavy (non-hydrogen) atoms. The molecule has 2 aliphatic rings. The molecular weight excluding hydrogens is 239 g/mol. The van der Waals surface area contributed by atoms with Crippen molar-refractivity contribution in [2.24, 2.45) is 17.8 Å². The number of hydrogen-bond acceptors (Lipinski definition) is 1. The van der Waals surface area contributed by atoms with Gasteiger partial charge >= 0.3 is 6.18 Å². The standard InChI is InChI=1S/C14H24F3N/c1-18-13(10-6-2-3-7-10)11-8-4-5-9-12(11)14(15,16)17/h10-13,18H,2-9H2,1H3. The maximum absolute atomic E-state index is 13.1. The summed E-state index contributed by atoms with van der Waals surface area (Å²) < 4.78 is 39.4. The second kappa shape index (κ2) is 5.81. The fraction of sp³-hybridized carbons (Fsp3) is 1.00. The predicted octanol–water partition coefficient (Wildman–Crippen LogP) is 4.13. The summed E-state index contributed by atoms with van der Waals surface area (Å²) >= 11 is 0. The van der Waals surface area contributed by atoms with Crippen molar-refractivity contribution in [2.45, 2.75) is 63.6 Å². The minimum absolute atomic E-state index is 0.0689. The van der Waals surface area contributed by atoms with Crippen LogP contribution < -0.4 is 5.32 Å². The second-order valence-electron chi connectivity index (χ2n) is 5.96. The van der Waals surface area contributed by atoms with E-state index in [-0.39, 0.29) is 12.0 Å². The molecule has 0 radical (unpaired) electrons. The first-order valence-corrected chi connectivity index (χ1v) is 7.28. The van der Waals surface area contributed by atoms with Gasteiger partial charge in [-0.2, -0.15) is 13.2 Å². The fourth-order valence-corrected chi connectivity index (χ4v) is 4.11. The lowest BCUT2D eigenvalue weighted by Gasteiger charge is -2.40. The van der Waals surface area contributed by atoms with Crippen LogP contribution in [0.2, 0.25) is 0 Å². The molecule has 3 unspecified atom stereocenters. The van der Waals surface area contributed by atoms with Gasteiger partial charge in [0.25, 0.3) is 0 Å². The lowest BCUT2D eigenvalue weighted by molar-refractivity contribution is -0.200. The quantitative estimate of drug-likeness (QED) is 0.807. The Morgan fingerprint density at radius 2 is 1.50 bits per heavy atom. The van der Waals surface area contributed by atoms with Crippen LogP contribution in [0.15, 0.2) is 0 Å². The maximum Gasteiger partial charge on any atom is 0.392 e. The molecule has 2 aliphatic carbocycles. The third-order valence-corrected chi connectivity index (χ3v) is 4.94. The summed E-state index contributed by atoms with van der Waals surface area (Å²) in [6.45, 7) is 0. The average molecular weight is 263 g/mol. The van der Waals surface area contributed by atoms with Gasteiger partial charge in [0.1, 0.15) is 0 Å². The van der Waals surface area contributed by atoms with Gasteiger partial charge in [-0.25, -0.2) is 0 Å². The molecule has 2 saturated carbocycles. The molecule has 3 atom stereocenters. The summed E-state index contributed by atoms with van der Waals surface area (Å²) in [6, 6.07) is 0.0689. The molecule has 0 spiro atoms. The van der Waals surface area contributed by atoms with Crippen molar-refractivity contribution in [1.82, 2.24) is 5.32 Å². The van der Waals surface area contributed by atoms with Crippen LogP contribution in [0.25, 0.3) is 0 Å². The van der Waals surface area contributed by atoms with Crippen molar-refractivity contribution < 1.29 is 13.2 Å². The van der Waals surface area contributed by atoms with Crippen LogP contribution in [0.4, 0.5) is 13.2 Å². The second-order valence-corrected chi connectivity index (χ2v) is 5.96. The molecule has 0 saturated heterocycles. The van der Waals surface area contributed by atoms with Gasteiger partial charge in [-0.15, -0.1) is 0 Å². The highest BCUT2D eigenvalue weighted by molar-refractivity contribution is 4.92. The molecule has 2 rings (SSSR count). The summed E-state index contributed by atoms with van der Waals surface area (Å²) in [5.74, 6) is -0.820. The molecular formula is C14H24F3N. The van der Waals surface area contributed by atoms with E-state index < -0.39 is 12.1 Å². The van der Waals surface area contributed by atoms with Crippen LogP contribution in [0.3, 0.4) is 0 Å². The lowest BCUT2D eigenvalue weighted by Crippen LogP contribution is -2.47. The van der Waals surface area contributed by atoms with Crippen molar-refractivity contribution in [3.63, 3.8) is 0 Å². The normalized spacial score (nSPS) is 32.7. The Labute approximate surface area is 108 Å². The highest BCUT2D eigenvalue weighted by atomic mass is 19.4. The van der Waals surface area contributed by atoms with Gasteiger partial charge in [-0.05, 0) is 44.6 Å². The summed E-state index contributed by atoms with van der Waals surface area (Å²) in [4.78, 5) is 0. The molecule has 1 N–H and O–H groups in total. The topological polar surface area (TPSA) is 12.0 Å². The minimum Gasteiger partial charge on any atom is -0.316 e. The van der Waals surface area contributed by atoms with Gasteiger partial charge in [0.2, 0.25) is 0 Å². The molecule has 0 aromatic carbocycles. The molecule has 0 aromatic heterocycles. The maximum atomic E-state index is 13.1. The largest absolute Gasteiger partial charge is 0.392 e. The van der Waals surface area contributed by atoms with Crippen LogP contribution in [-0.2, 0) is 0 Å². The van der Waals surface area contributed by atoms with Gasteiger partial charge in [-0.3, -0.25) is 0 Å². The highest BCUT2D eigenvalue weighted by Gasteiger charge is 2.48. The molecule has 0 bridgehead atoms. The number of nitrogens with one attached hydrogen (secondary N) is 1. The average Bonchev–Trinajstić information content (AvgIpc) is 2.83. The van der Waals surface area contributed by atoms with Crippen LogP contribution in [0, 0.1) is 17.8 Å². The monoisotopic (exact) mass is 263 g/mol. The zero-order chi connectivity index (χ0) is 13.2. The Morgan fingerprint density at radius 3 is 2.06 bits per heavy atom. The SMILES string of the molecule is CNC(C1CCCC1)C1CCCCC1C(F)(F)F. The summed E-state index contributed by atoms with van der Waals surface area (Å²) in [6.07, 6.45) is 3.34. The Balaban J connectivity index is 2.10. The van der Waals surface area contributed by atoms with Crippen molar-refractivity contribution in [3.05, 3.63) is 0 Å². The summed E-state index contributed by atoms with van der Waals surface area (Å²) in [7, 11) is 1.84. The Morgan fingerprint density at radius 1 is 0.944 bits per heavy atom. The van der Waals surface area contributed by atoms with Crippen molar-refractivity contribution >= 4 is 0 Å². The zero-order valence-corrected chi connectivity index (χ0v) is 11.1. The fourth-order valence-electron chi connectivity index (χ4n) is 4.11. The molecule has 0 amide bonds. The molecule has 0 aromatic rings. The lowest BCUT2D eigenvalue weighted by atomic mass is 9.71. The minimum atomic E-state index is -4.02. The van der Waals surface area contributed by atoms with Crippen molar-refractivity contribution in [2.75, 3.05) is 7.05 Å². The predicted molar refractivity (Wildman–Crippen MR) is 66.3 cm³/mol. The third-order valence-electron chi connectivity index (χ3n) is 4.94. The molecule has 0 heterocycles. The molecule has 0 aliphatic heterocycles. The number of alkyl halides is 3. The van der Waals surface area contributed by atoms with Crippen LogP contribution in [0.5, 0.6) is 0 Å². The van der Waals surface area contributed by atoms with Crippen LogP contribution in [0.1, 0.15) is 51.4 Å². The number of hydrogen-bond donors (Lipinski definition) is 1. The van der Waals surface area contributed by atoms with E-state index in [0.29, 0.717) is 12.3 Å². The first kappa shape index (κ1) is 14.2. The van der Waals surface area contributed by atoms with E-state index in [0.717, 1.165) is 32.1 Å². The Hall–Kier alpha value is -0.250. The van der Waals surface area contributed by atoms with Gasteiger partial charge < -0.3 is 5.32 Å². The van der Waals surface area contributed by atoms with E-state index in [2.05, 4.69) is 5.32 Å². The number of rotatable bonds is 3. The molecule has 4 heteroatoms. The smallest absolute Gasteiger partial charge is 0.316 e. The van der Waals surface area contributed by atoms with E-state index in [1.165, 1.54) is 12.8 Å². The van der Waals surface area contributed by atoms with Gasteiger partial charge in [0.15, 0.2) is 0 Å². The van der Waals surface area contributed by atoms with E-state index >= 15 is 0 Å². The molecule has 2 fully saturated rings. The Kier molecular flexibility index (Phi) is 4.57. The van der Waals surface area contributed by atoms with Gasteiger partial charge in [0.05, 0.1) is 5.92 Å². The highest BCUT2D eigenvalue weighted by Crippen LogP contribution is 2.45. The van der Waals surface area contributed by atoms with E-state index in [9.17, 15) is 13.2 Å². The molecule has 1 nitrogen and oxygen atoms in total. The first-order chi connectivity index (χ1) is 8.54. The summed E-state index contributed by atoms with van der Waals surface area (Å²) in [5.41, 5.74) is 0. The molecule has 106 valence electrons. The van der Waals surface area contributed by atoms with Gasteiger partial charge in [-0.1, -0.05) is 25.7 Å². The van der Waals surface area contributed by atoms with Crippen LogP contribution in [-0.4, -0.2) is 19.3 Å². The zero-order valence-electron chi connectivity index (χ0n) is 11.1. The van der Waals surface area contributed by atoms with Crippen molar-refractivity contribution in [1.29, 1.82) is 0 Å². The van der Waals surface area contributed by atoms with Crippen molar-refractivity contribution in [3.8, 4) is 0 Å². The summed E-state index contributed by atoms with van der Waals surface area (Å²) in [5, 5.41) is 3.22. The first-order valence-electron chi connectivity index (χ1n) is 7.28. The Bertz CT molecular complexity index is 258. The van der Waals surface area contributed by atoms with Crippen LogP contribution >= 0.6 is 0 Å². The van der Waals surface area contributed by atoms with Gasteiger partial charge in [0, 0.05) is 6.04 Å². The van der Waals surface area contributed by atoms with E-state index in [4.69, 9.17) is 0 Å². The van der Waals surface area contributed by atoms with E-state index in [1.54, 1.807) is 0 Å². The van der Waals surface area contributed by atoms with E-state index in [1.807, 2.05) is 7.05 Å².